The van der Waals surface area contributed by atoms with Gasteiger partial charge in [0.15, 0.2) is 0 Å². The zero-order valence-electron chi connectivity index (χ0n) is 11.8. The molecule has 3 heterocycles. The quantitative estimate of drug-likeness (QED) is 0.900. The van der Waals surface area contributed by atoms with Gasteiger partial charge in [-0.2, -0.15) is 4.31 Å². The van der Waals surface area contributed by atoms with E-state index in [2.05, 4.69) is 5.32 Å². The molecule has 1 N–H and O–H groups in total. The number of amides is 1. The van der Waals surface area contributed by atoms with Crippen molar-refractivity contribution < 1.29 is 17.6 Å². The van der Waals surface area contributed by atoms with Gasteiger partial charge in [0.1, 0.15) is 16.0 Å². The molecule has 1 fully saturated rings. The molecule has 0 aliphatic carbocycles. The predicted molar refractivity (Wildman–Crippen MR) is 81.8 cm³/mol. The van der Waals surface area contributed by atoms with Gasteiger partial charge < -0.3 is 9.73 Å². The summed E-state index contributed by atoms with van der Waals surface area (Å²) in [5.41, 5.74) is 0. The lowest BCUT2D eigenvalue weighted by atomic mass is 10.2. The highest BCUT2D eigenvalue weighted by Crippen LogP contribution is 2.28. The van der Waals surface area contributed by atoms with Crippen LogP contribution in [0.4, 0.5) is 0 Å². The molecule has 1 aliphatic heterocycles. The average molecular weight is 340 g/mol. The molecule has 1 unspecified atom stereocenters. The third kappa shape index (κ3) is 2.94. The van der Waals surface area contributed by atoms with E-state index in [1.54, 1.807) is 29.6 Å². The highest BCUT2D eigenvalue weighted by Gasteiger charge is 2.39. The minimum absolute atomic E-state index is 0.259. The van der Waals surface area contributed by atoms with Gasteiger partial charge in [-0.3, -0.25) is 4.79 Å². The van der Waals surface area contributed by atoms with Crippen molar-refractivity contribution in [1.29, 1.82) is 0 Å². The molecule has 2 aromatic rings. The van der Waals surface area contributed by atoms with Crippen LogP contribution >= 0.6 is 11.3 Å². The first-order valence-corrected chi connectivity index (χ1v) is 9.26. The molecule has 0 aromatic carbocycles. The first kappa shape index (κ1) is 15.3. The summed E-state index contributed by atoms with van der Waals surface area (Å²) in [5, 5.41) is 4.46. The van der Waals surface area contributed by atoms with Gasteiger partial charge in [0.25, 0.3) is 10.0 Å². The van der Waals surface area contributed by atoms with Gasteiger partial charge in [-0.15, -0.1) is 11.3 Å². The molecule has 3 rings (SSSR count). The summed E-state index contributed by atoms with van der Waals surface area (Å²) >= 11 is 1.17. The zero-order valence-corrected chi connectivity index (χ0v) is 13.4. The van der Waals surface area contributed by atoms with Gasteiger partial charge in [-0.05, 0) is 36.4 Å². The van der Waals surface area contributed by atoms with Gasteiger partial charge >= 0.3 is 0 Å². The number of carbonyl (C=O) groups excluding carboxylic acids is 1. The van der Waals surface area contributed by atoms with E-state index in [1.165, 1.54) is 21.9 Å². The number of hydrogen-bond donors (Lipinski definition) is 1. The first-order chi connectivity index (χ1) is 10.6. The van der Waals surface area contributed by atoms with Crippen molar-refractivity contribution in [2.24, 2.45) is 0 Å². The normalized spacial score (nSPS) is 19.4. The van der Waals surface area contributed by atoms with Crippen LogP contribution in [-0.4, -0.2) is 31.2 Å². The van der Waals surface area contributed by atoms with Crippen LogP contribution in [0.2, 0.25) is 0 Å². The summed E-state index contributed by atoms with van der Waals surface area (Å²) in [4.78, 5) is 12.3. The van der Waals surface area contributed by atoms with Crippen LogP contribution in [-0.2, 0) is 21.4 Å². The Kier molecular flexibility index (Phi) is 4.32. The largest absolute Gasteiger partial charge is 0.467 e. The Balaban J connectivity index is 1.71. The molecule has 118 valence electrons. The Morgan fingerprint density at radius 3 is 2.95 bits per heavy atom. The monoisotopic (exact) mass is 340 g/mol. The van der Waals surface area contributed by atoms with E-state index in [4.69, 9.17) is 4.42 Å². The summed E-state index contributed by atoms with van der Waals surface area (Å²) in [6, 6.07) is 6.11. The van der Waals surface area contributed by atoms with E-state index in [1.807, 2.05) is 0 Å². The summed E-state index contributed by atoms with van der Waals surface area (Å²) in [6.07, 6.45) is 2.75. The van der Waals surface area contributed by atoms with Crippen LogP contribution in [0.15, 0.2) is 44.5 Å². The highest BCUT2D eigenvalue weighted by molar-refractivity contribution is 7.91. The topological polar surface area (TPSA) is 79.6 Å². The lowest BCUT2D eigenvalue weighted by molar-refractivity contribution is -0.124. The molecule has 6 nitrogen and oxygen atoms in total. The standard InChI is InChI=1S/C14H16N2O4S2/c17-14(15-10-11-4-2-8-20-11)12-5-1-7-16(12)22(18,19)13-6-3-9-21-13/h2-4,6,8-9,12H,1,5,7,10H2,(H,15,17). The molecule has 22 heavy (non-hydrogen) atoms. The van der Waals surface area contributed by atoms with Crippen LogP contribution in [0.25, 0.3) is 0 Å². The van der Waals surface area contributed by atoms with Crippen LogP contribution in [0.3, 0.4) is 0 Å². The molecule has 1 atom stereocenters. The third-order valence-electron chi connectivity index (χ3n) is 3.58. The van der Waals surface area contributed by atoms with Crippen molar-refractivity contribution in [3.05, 3.63) is 41.7 Å². The van der Waals surface area contributed by atoms with E-state index >= 15 is 0 Å². The highest BCUT2D eigenvalue weighted by atomic mass is 32.2. The average Bonchev–Trinajstić information content (AvgIpc) is 3.26. The van der Waals surface area contributed by atoms with Crippen LogP contribution in [0.1, 0.15) is 18.6 Å². The molecular weight excluding hydrogens is 324 g/mol. The Hall–Kier alpha value is -1.64. The SMILES string of the molecule is O=C(NCc1ccco1)C1CCCN1S(=O)(=O)c1cccs1. The summed E-state index contributed by atoms with van der Waals surface area (Å²) in [6.45, 7) is 0.633. The summed E-state index contributed by atoms with van der Waals surface area (Å²) in [7, 11) is -3.59. The third-order valence-corrected chi connectivity index (χ3v) is 6.86. The molecule has 0 saturated carbocycles. The zero-order chi connectivity index (χ0) is 15.6. The van der Waals surface area contributed by atoms with E-state index in [9.17, 15) is 13.2 Å². The lowest BCUT2D eigenvalue weighted by Gasteiger charge is -2.22. The van der Waals surface area contributed by atoms with Crippen molar-refractivity contribution in [2.45, 2.75) is 29.6 Å². The smallest absolute Gasteiger partial charge is 0.253 e. The number of furan rings is 1. The van der Waals surface area contributed by atoms with Crippen molar-refractivity contribution in [3.8, 4) is 0 Å². The predicted octanol–water partition coefficient (Wildman–Crippen LogP) is 1.81. The maximum absolute atomic E-state index is 12.6. The number of hydrogen-bond acceptors (Lipinski definition) is 5. The Labute approximate surface area is 132 Å². The maximum Gasteiger partial charge on any atom is 0.253 e. The Morgan fingerprint density at radius 1 is 1.41 bits per heavy atom. The molecule has 0 bridgehead atoms. The second-order valence-corrected chi connectivity index (χ2v) is 8.07. The molecule has 8 heteroatoms. The van der Waals surface area contributed by atoms with Crippen LogP contribution in [0, 0.1) is 0 Å². The van der Waals surface area contributed by atoms with Gasteiger partial charge in [-0.1, -0.05) is 6.07 Å². The van der Waals surface area contributed by atoms with Gasteiger partial charge in [0, 0.05) is 6.54 Å². The summed E-state index contributed by atoms with van der Waals surface area (Å²) in [5.74, 6) is 0.355. The lowest BCUT2D eigenvalue weighted by Crippen LogP contribution is -2.45. The minimum atomic E-state index is -3.59. The van der Waals surface area contributed by atoms with E-state index in [0.717, 1.165) is 0 Å². The number of nitrogens with one attached hydrogen (secondary N) is 1. The van der Waals surface area contributed by atoms with Gasteiger partial charge in [0.05, 0.1) is 12.8 Å². The van der Waals surface area contributed by atoms with E-state index < -0.39 is 16.1 Å². The van der Waals surface area contributed by atoms with Crippen LogP contribution < -0.4 is 5.32 Å². The van der Waals surface area contributed by atoms with Gasteiger partial charge in [0.2, 0.25) is 5.91 Å². The number of sulfonamides is 1. The molecule has 1 saturated heterocycles. The fourth-order valence-electron chi connectivity index (χ4n) is 2.52. The molecule has 1 amide bonds. The van der Waals surface area contributed by atoms with Crippen molar-refractivity contribution in [1.82, 2.24) is 9.62 Å². The second-order valence-electron chi connectivity index (χ2n) is 5.00. The van der Waals surface area contributed by atoms with Crippen LogP contribution in [0.5, 0.6) is 0 Å². The molecule has 2 aromatic heterocycles. The molecular formula is C14H16N2O4S2. The number of thiophene rings is 1. The number of nitrogens with zero attached hydrogens (tertiary/aromatic N) is 1. The Bertz CT molecular complexity index is 723. The molecule has 0 radical (unpaired) electrons. The second kappa shape index (κ2) is 6.23. The van der Waals surface area contributed by atoms with Gasteiger partial charge in [-0.25, -0.2) is 8.42 Å². The fourth-order valence-corrected chi connectivity index (χ4v) is 5.30. The van der Waals surface area contributed by atoms with E-state index in [-0.39, 0.29) is 16.7 Å². The van der Waals surface area contributed by atoms with Crippen molar-refractivity contribution in [3.63, 3.8) is 0 Å². The Morgan fingerprint density at radius 2 is 2.27 bits per heavy atom. The van der Waals surface area contributed by atoms with Crippen molar-refractivity contribution >= 4 is 27.3 Å². The van der Waals surface area contributed by atoms with E-state index in [0.29, 0.717) is 25.1 Å². The summed E-state index contributed by atoms with van der Waals surface area (Å²) < 4.78 is 31.9. The fraction of sp³-hybridized carbons (Fsp3) is 0.357. The number of rotatable bonds is 5. The maximum atomic E-state index is 12.6. The van der Waals surface area contributed by atoms with Crippen molar-refractivity contribution in [2.75, 3.05) is 6.54 Å². The molecule has 1 aliphatic rings. The number of carbonyl (C=O) groups is 1. The minimum Gasteiger partial charge on any atom is -0.467 e. The first-order valence-electron chi connectivity index (χ1n) is 6.94. The molecule has 0 spiro atoms.